The zero-order valence-corrected chi connectivity index (χ0v) is 16.3. The second kappa shape index (κ2) is 9.09. The van der Waals surface area contributed by atoms with Crippen LogP contribution in [0, 0.1) is 6.92 Å². The zero-order valence-electron chi connectivity index (χ0n) is 14.7. The molecular formula is C21H18BrN3O2. The van der Waals surface area contributed by atoms with Gasteiger partial charge in [0.1, 0.15) is 5.75 Å². The van der Waals surface area contributed by atoms with E-state index in [4.69, 9.17) is 4.74 Å². The standard InChI is InChI=1S/C21H18BrN3O2/c1-15-13-19(11-12-20(15)22)27-14-21(26)23-16-7-9-18(10-8-16)25-24-17-5-3-2-4-6-17/h2-13H,14H2,1H3,(H,23,26). The minimum absolute atomic E-state index is 0.0590. The molecule has 0 fully saturated rings. The van der Waals surface area contributed by atoms with Crippen LogP contribution in [0.15, 0.2) is 87.5 Å². The number of benzene rings is 3. The van der Waals surface area contributed by atoms with Crippen molar-refractivity contribution in [3.05, 3.63) is 82.8 Å². The van der Waals surface area contributed by atoms with E-state index in [1.165, 1.54) is 0 Å². The Kier molecular flexibility index (Phi) is 6.33. The predicted molar refractivity (Wildman–Crippen MR) is 110 cm³/mol. The van der Waals surface area contributed by atoms with Crippen molar-refractivity contribution < 1.29 is 9.53 Å². The fourth-order valence-corrected chi connectivity index (χ4v) is 2.52. The van der Waals surface area contributed by atoms with Gasteiger partial charge in [0.15, 0.2) is 6.61 Å². The minimum Gasteiger partial charge on any atom is -0.484 e. The van der Waals surface area contributed by atoms with Gasteiger partial charge in [0.2, 0.25) is 0 Å². The number of carbonyl (C=O) groups is 1. The first-order valence-corrected chi connectivity index (χ1v) is 9.15. The summed E-state index contributed by atoms with van der Waals surface area (Å²) in [6.07, 6.45) is 0. The molecule has 0 saturated heterocycles. The van der Waals surface area contributed by atoms with Crippen LogP contribution >= 0.6 is 15.9 Å². The summed E-state index contributed by atoms with van der Waals surface area (Å²) in [5.41, 5.74) is 3.22. The highest BCUT2D eigenvalue weighted by Crippen LogP contribution is 2.22. The highest BCUT2D eigenvalue weighted by atomic mass is 79.9. The molecule has 0 aliphatic rings. The average Bonchev–Trinajstić information content (AvgIpc) is 2.69. The lowest BCUT2D eigenvalue weighted by atomic mass is 10.2. The first-order valence-electron chi connectivity index (χ1n) is 8.36. The molecule has 6 heteroatoms. The SMILES string of the molecule is Cc1cc(OCC(=O)Nc2ccc(N=Nc3ccccc3)cc2)ccc1Br. The van der Waals surface area contributed by atoms with Gasteiger partial charge in [0.25, 0.3) is 5.91 Å². The predicted octanol–water partition coefficient (Wildman–Crippen LogP) is 6.19. The minimum atomic E-state index is -0.228. The Hall–Kier alpha value is -2.99. The highest BCUT2D eigenvalue weighted by Gasteiger charge is 2.05. The lowest BCUT2D eigenvalue weighted by Crippen LogP contribution is -2.20. The van der Waals surface area contributed by atoms with Gasteiger partial charge in [-0.3, -0.25) is 4.79 Å². The van der Waals surface area contributed by atoms with E-state index in [0.29, 0.717) is 17.1 Å². The lowest BCUT2D eigenvalue weighted by Gasteiger charge is -2.09. The number of rotatable bonds is 6. The van der Waals surface area contributed by atoms with Gasteiger partial charge in [-0.15, -0.1) is 0 Å². The summed E-state index contributed by atoms with van der Waals surface area (Å²) in [7, 11) is 0. The number of nitrogens with zero attached hydrogens (tertiary/aromatic N) is 2. The van der Waals surface area contributed by atoms with E-state index in [1.807, 2.05) is 55.5 Å². The first kappa shape index (κ1) is 18.8. The van der Waals surface area contributed by atoms with Crippen molar-refractivity contribution in [2.75, 3.05) is 11.9 Å². The monoisotopic (exact) mass is 423 g/mol. The second-order valence-electron chi connectivity index (χ2n) is 5.83. The van der Waals surface area contributed by atoms with Crippen LogP contribution in [0.2, 0.25) is 0 Å². The average molecular weight is 424 g/mol. The van der Waals surface area contributed by atoms with Crippen molar-refractivity contribution in [3.8, 4) is 5.75 Å². The first-order chi connectivity index (χ1) is 13.1. The smallest absolute Gasteiger partial charge is 0.262 e. The van der Waals surface area contributed by atoms with E-state index >= 15 is 0 Å². The lowest BCUT2D eigenvalue weighted by molar-refractivity contribution is -0.118. The number of ether oxygens (including phenoxy) is 1. The van der Waals surface area contributed by atoms with E-state index in [-0.39, 0.29) is 12.5 Å². The molecule has 0 saturated carbocycles. The summed E-state index contributed by atoms with van der Waals surface area (Å²) in [5.74, 6) is 0.428. The molecule has 3 rings (SSSR count). The number of azo groups is 1. The molecule has 1 amide bonds. The number of aryl methyl sites for hydroxylation is 1. The van der Waals surface area contributed by atoms with Gasteiger partial charge in [-0.1, -0.05) is 34.1 Å². The summed E-state index contributed by atoms with van der Waals surface area (Å²) < 4.78 is 6.52. The Morgan fingerprint density at radius 3 is 2.30 bits per heavy atom. The Morgan fingerprint density at radius 2 is 1.63 bits per heavy atom. The number of carbonyl (C=O) groups excluding carboxylic acids is 1. The molecule has 0 spiro atoms. The van der Waals surface area contributed by atoms with Crippen molar-refractivity contribution >= 4 is 38.9 Å². The summed E-state index contributed by atoms with van der Waals surface area (Å²) >= 11 is 3.43. The molecule has 3 aromatic carbocycles. The third kappa shape index (κ3) is 5.76. The molecule has 0 unspecified atom stereocenters. The van der Waals surface area contributed by atoms with Crippen LogP contribution in [-0.4, -0.2) is 12.5 Å². The third-order valence-corrected chi connectivity index (χ3v) is 4.58. The molecule has 27 heavy (non-hydrogen) atoms. The van der Waals surface area contributed by atoms with E-state index in [1.54, 1.807) is 24.3 Å². The maximum atomic E-state index is 12.0. The van der Waals surface area contributed by atoms with E-state index in [9.17, 15) is 4.79 Å². The Bertz CT molecular complexity index is 941. The summed E-state index contributed by atoms with van der Waals surface area (Å²) in [5, 5.41) is 11.1. The quantitative estimate of drug-likeness (QED) is 0.480. The Morgan fingerprint density at radius 1 is 0.963 bits per heavy atom. The van der Waals surface area contributed by atoms with E-state index in [2.05, 4.69) is 31.5 Å². The van der Waals surface area contributed by atoms with Gasteiger partial charge >= 0.3 is 0 Å². The van der Waals surface area contributed by atoms with Crippen molar-refractivity contribution in [2.24, 2.45) is 10.2 Å². The summed E-state index contributed by atoms with van der Waals surface area (Å²) in [6.45, 7) is 1.91. The number of halogens is 1. The van der Waals surface area contributed by atoms with E-state index in [0.717, 1.165) is 15.7 Å². The van der Waals surface area contributed by atoms with Gasteiger partial charge in [0.05, 0.1) is 11.4 Å². The summed E-state index contributed by atoms with van der Waals surface area (Å²) in [6, 6.07) is 22.2. The van der Waals surface area contributed by atoms with Crippen LogP contribution < -0.4 is 10.1 Å². The van der Waals surface area contributed by atoms with Crippen LogP contribution in [0.5, 0.6) is 5.75 Å². The van der Waals surface area contributed by atoms with Crippen molar-refractivity contribution in [1.82, 2.24) is 0 Å². The molecule has 0 radical (unpaired) electrons. The fraction of sp³-hybridized carbons (Fsp3) is 0.0952. The van der Waals surface area contributed by atoms with Crippen molar-refractivity contribution in [2.45, 2.75) is 6.92 Å². The molecule has 0 heterocycles. The molecule has 136 valence electrons. The highest BCUT2D eigenvalue weighted by molar-refractivity contribution is 9.10. The number of amides is 1. The molecule has 0 aromatic heterocycles. The second-order valence-corrected chi connectivity index (χ2v) is 6.68. The molecule has 0 aliphatic heterocycles. The molecule has 0 bridgehead atoms. The number of hydrogen-bond acceptors (Lipinski definition) is 4. The van der Waals surface area contributed by atoms with Gasteiger partial charge < -0.3 is 10.1 Å². The van der Waals surface area contributed by atoms with E-state index < -0.39 is 0 Å². The number of nitrogens with one attached hydrogen (secondary N) is 1. The van der Waals surface area contributed by atoms with Crippen LogP contribution in [0.1, 0.15) is 5.56 Å². The maximum Gasteiger partial charge on any atom is 0.262 e. The molecule has 1 N–H and O–H groups in total. The summed E-state index contributed by atoms with van der Waals surface area (Å²) in [4.78, 5) is 12.0. The molecule has 5 nitrogen and oxygen atoms in total. The molecule has 0 aliphatic carbocycles. The van der Waals surface area contributed by atoms with Crippen molar-refractivity contribution in [3.63, 3.8) is 0 Å². The van der Waals surface area contributed by atoms with Gasteiger partial charge in [-0.25, -0.2) is 0 Å². The topological polar surface area (TPSA) is 63.0 Å². The Labute approximate surface area is 166 Å². The van der Waals surface area contributed by atoms with Gasteiger partial charge in [-0.05, 0) is 67.1 Å². The number of anilines is 1. The van der Waals surface area contributed by atoms with Crippen LogP contribution in [0.25, 0.3) is 0 Å². The van der Waals surface area contributed by atoms with Crippen molar-refractivity contribution in [1.29, 1.82) is 0 Å². The molecule has 0 atom stereocenters. The number of hydrogen-bond donors (Lipinski definition) is 1. The third-order valence-electron chi connectivity index (χ3n) is 3.69. The Balaban J connectivity index is 1.52. The fourth-order valence-electron chi connectivity index (χ4n) is 2.27. The van der Waals surface area contributed by atoms with Gasteiger partial charge in [0, 0.05) is 10.2 Å². The largest absolute Gasteiger partial charge is 0.484 e. The maximum absolute atomic E-state index is 12.0. The van der Waals surface area contributed by atoms with Gasteiger partial charge in [-0.2, -0.15) is 10.2 Å². The van der Waals surface area contributed by atoms with Crippen LogP contribution in [0.4, 0.5) is 17.1 Å². The normalized spacial score (nSPS) is 10.7. The molecule has 3 aromatic rings. The molecular weight excluding hydrogens is 406 g/mol. The van der Waals surface area contributed by atoms with Crippen LogP contribution in [0.3, 0.4) is 0 Å². The zero-order chi connectivity index (χ0) is 19.1. The van der Waals surface area contributed by atoms with Crippen LogP contribution in [-0.2, 0) is 4.79 Å².